The highest BCUT2D eigenvalue weighted by Crippen LogP contribution is 2.35. The van der Waals surface area contributed by atoms with Gasteiger partial charge < -0.3 is 20.7 Å². The predicted octanol–water partition coefficient (Wildman–Crippen LogP) is 0.587. The van der Waals surface area contributed by atoms with Crippen LogP contribution in [0.1, 0.15) is 42.0 Å². The number of hydrogen-bond donors (Lipinski definition) is 4. The first-order valence-electron chi connectivity index (χ1n) is 7.84. The fraction of sp³-hybridized carbons (Fsp3) is 0.733. The second kappa shape index (κ2) is 6.15. The summed E-state index contributed by atoms with van der Waals surface area (Å²) < 4.78 is 0. The van der Waals surface area contributed by atoms with E-state index in [0.29, 0.717) is 17.7 Å². The minimum absolute atomic E-state index is 0.131. The molecule has 1 amide bonds. The van der Waals surface area contributed by atoms with Crippen LogP contribution in [0.25, 0.3) is 0 Å². The molecule has 1 aromatic rings. The highest BCUT2D eigenvalue weighted by atomic mass is 16.3. The first kappa shape index (κ1) is 14.5. The number of carbonyl (C=O) groups is 1. The quantitative estimate of drug-likeness (QED) is 0.654. The fourth-order valence-corrected chi connectivity index (χ4v) is 3.49. The summed E-state index contributed by atoms with van der Waals surface area (Å²) in [6.07, 6.45) is 5.23. The van der Waals surface area contributed by atoms with Gasteiger partial charge >= 0.3 is 0 Å². The molecule has 116 valence electrons. The number of nitrogens with zero attached hydrogens (tertiary/aromatic N) is 1. The first-order chi connectivity index (χ1) is 10.1. The van der Waals surface area contributed by atoms with Crippen molar-refractivity contribution in [1.29, 1.82) is 0 Å². The van der Waals surface area contributed by atoms with Crippen molar-refractivity contribution in [3.8, 4) is 0 Å². The minimum atomic E-state index is -0.193. The Morgan fingerprint density at radius 3 is 2.67 bits per heavy atom. The van der Waals surface area contributed by atoms with Crippen molar-refractivity contribution in [3.63, 3.8) is 0 Å². The van der Waals surface area contributed by atoms with E-state index in [4.69, 9.17) is 0 Å². The van der Waals surface area contributed by atoms with Gasteiger partial charge in [-0.05, 0) is 57.5 Å². The maximum absolute atomic E-state index is 12.4. The van der Waals surface area contributed by atoms with Gasteiger partial charge in [0.15, 0.2) is 5.82 Å². The molecule has 6 heteroatoms. The third kappa shape index (κ3) is 3.27. The molecule has 1 aromatic heterocycles. The van der Waals surface area contributed by atoms with Gasteiger partial charge in [-0.1, -0.05) is 0 Å². The van der Waals surface area contributed by atoms with E-state index >= 15 is 0 Å². The number of rotatable bonds is 4. The smallest absolute Gasteiger partial charge is 0.287 e. The van der Waals surface area contributed by atoms with Gasteiger partial charge in [-0.2, -0.15) is 0 Å². The van der Waals surface area contributed by atoms with Crippen LogP contribution in [-0.4, -0.2) is 46.2 Å². The minimum Gasteiger partial charge on any atom is -0.393 e. The van der Waals surface area contributed by atoms with Gasteiger partial charge in [-0.3, -0.25) is 4.79 Å². The normalized spacial score (nSPS) is 27.9. The van der Waals surface area contributed by atoms with E-state index in [2.05, 4.69) is 20.6 Å². The van der Waals surface area contributed by atoms with Gasteiger partial charge in [0.2, 0.25) is 0 Å². The number of amides is 1. The maximum Gasteiger partial charge on any atom is 0.287 e. The van der Waals surface area contributed by atoms with Crippen LogP contribution >= 0.6 is 0 Å². The summed E-state index contributed by atoms with van der Waals surface area (Å²) in [4.78, 5) is 19.4. The molecule has 2 aliphatic rings. The number of aromatic nitrogens is 2. The molecule has 0 aromatic carbocycles. The molecule has 3 rings (SSSR count). The topological polar surface area (TPSA) is 90.0 Å². The van der Waals surface area contributed by atoms with Crippen LogP contribution in [0.15, 0.2) is 6.20 Å². The number of aryl methyl sites for hydroxylation is 1. The lowest BCUT2D eigenvalue weighted by Gasteiger charge is -2.43. The summed E-state index contributed by atoms with van der Waals surface area (Å²) in [7, 11) is 0. The lowest BCUT2D eigenvalue weighted by Crippen LogP contribution is -2.53. The van der Waals surface area contributed by atoms with E-state index in [1.54, 1.807) is 6.20 Å². The molecule has 0 unspecified atom stereocenters. The molecule has 2 fully saturated rings. The Balaban J connectivity index is 1.67. The molecule has 0 spiro atoms. The van der Waals surface area contributed by atoms with Crippen molar-refractivity contribution < 1.29 is 9.90 Å². The fourth-order valence-electron chi connectivity index (χ4n) is 3.49. The van der Waals surface area contributed by atoms with Crippen LogP contribution in [0, 0.1) is 18.8 Å². The monoisotopic (exact) mass is 292 g/mol. The average Bonchev–Trinajstić information content (AvgIpc) is 2.89. The standard InChI is InChI=1S/C15H24N4O2/c1-9-8-17-14(18-9)15(21)19-13(11-6-12(20)7-11)10-2-4-16-5-3-10/h8,10-13,16,20H,2-7H2,1H3,(H,17,18)(H,19,21)/t11?,12?,13-/m1/s1. The molecule has 1 saturated carbocycles. The molecule has 1 saturated heterocycles. The van der Waals surface area contributed by atoms with Gasteiger partial charge in [0.05, 0.1) is 6.10 Å². The lowest BCUT2D eigenvalue weighted by atomic mass is 9.71. The van der Waals surface area contributed by atoms with E-state index in [1.165, 1.54) is 0 Å². The maximum atomic E-state index is 12.4. The predicted molar refractivity (Wildman–Crippen MR) is 78.9 cm³/mol. The molecule has 1 atom stereocenters. The van der Waals surface area contributed by atoms with Crippen LogP contribution in [0.4, 0.5) is 0 Å². The molecular formula is C15H24N4O2. The van der Waals surface area contributed by atoms with E-state index in [0.717, 1.165) is 44.5 Å². The van der Waals surface area contributed by atoms with Crippen molar-refractivity contribution in [1.82, 2.24) is 20.6 Å². The van der Waals surface area contributed by atoms with Gasteiger partial charge in [-0.15, -0.1) is 0 Å². The number of aromatic amines is 1. The van der Waals surface area contributed by atoms with E-state index in [1.807, 2.05) is 6.92 Å². The Kier molecular flexibility index (Phi) is 4.26. The van der Waals surface area contributed by atoms with Crippen molar-refractivity contribution in [2.24, 2.45) is 11.8 Å². The molecule has 4 N–H and O–H groups in total. The number of piperidine rings is 1. The summed E-state index contributed by atoms with van der Waals surface area (Å²) >= 11 is 0. The number of imidazole rings is 1. The molecule has 1 aliphatic carbocycles. The molecule has 0 radical (unpaired) electrons. The van der Waals surface area contributed by atoms with Gasteiger partial charge in [0.25, 0.3) is 5.91 Å². The number of carbonyl (C=O) groups excluding carboxylic acids is 1. The Hall–Kier alpha value is -1.40. The Morgan fingerprint density at radius 1 is 1.38 bits per heavy atom. The number of hydrogen-bond acceptors (Lipinski definition) is 4. The van der Waals surface area contributed by atoms with Gasteiger partial charge in [-0.25, -0.2) is 4.98 Å². The van der Waals surface area contributed by atoms with Crippen LogP contribution < -0.4 is 10.6 Å². The largest absolute Gasteiger partial charge is 0.393 e. The van der Waals surface area contributed by atoms with E-state index in [-0.39, 0.29) is 18.1 Å². The van der Waals surface area contributed by atoms with Crippen molar-refractivity contribution in [3.05, 3.63) is 17.7 Å². The van der Waals surface area contributed by atoms with Crippen LogP contribution in [0.5, 0.6) is 0 Å². The zero-order valence-corrected chi connectivity index (χ0v) is 12.4. The summed E-state index contributed by atoms with van der Waals surface area (Å²) in [5.74, 6) is 1.13. The first-order valence-corrected chi connectivity index (χ1v) is 7.84. The summed E-state index contributed by atoms with van der Waals surface area (Å²) in [5.41, 5.74) is 0.887. The van der Waals surface area contributed by atoms with Crippen LogP contribution in [-0.2, 0) is 0 Å². The zero-order chi connectivity index (χ0) is 14.8. The Labute approximate surface area is 124 Å². The number of aliphatic hydroxyl groups excluding tert-OH is 1. The molecular weight excluding hydrogens is 268 g/mol. The number of nitrogens with one attached hydrogen (secondary N) is 3. The molecule has 21 heavy (non-hydrogen) atoms. The van der Waals surface area contributed by atoms with Crippen LogP contribution in [0.2, 0.25) is 0 Å². The Bertz CT molecular complexity index is 490. The summed E-state index contributed by atoms with van der Waals surface area (Å²) in [6.45, 7) is 3.90. The number of H-pyrrole nitrogens is 1. The third-order valence-corrected chi connectivity index (χ3v) is 4.76. The summed E-state index contributed by atoms with van der Waals surface area (Å²) in [5, 5.41) is 16.1. The van der Waals surface area contributed by atoms with Crippen molar-refractivity contribution in [2.75, 3.05) is 13.1 Å². The molecule has 0 bridgehead atoms. The Morgan fingerprint density at radius 2 is 2.10 bits per heavy atom. The molecule has 2 heterocycles. The highest BCUT2D eigenvalue weighted by molar-refractivity contribution is 5.90. The molecule has 1 aliphatic heterocycles. The van der Waals surface area contributed by atoms with E-state index < -0.39 is 0 Å². The van der Waals surface area contributed by atoms with Gasteiger partial charge in [0.1, 0.15) is 0 Å². The zero-order valence-electron chi connectivity index (χ0n) is 12.4. The lowest BCUT2D eigenvalue weighted by molar-refractivity contribution is 0.00908. The van der Waals surface area contributed by atoms with Crippen molar-refractivity contribution >= 4 is 5.91 Å². The second-order valence-electron chi connectivity index (χ2n) is 6.39. The SMILES string of the molecule is Cc1cnc(C(=O)N[C@H](C2CCNCC2)C2CC(O)C2)[nH]1. The second-order valence-corrected chi connectivity index (χ2v) is 6.39. The summed E-state index contributed by atoms with van der Waals surface area (Å²) in [6, 6.07) is 0.147. The van der Waals surface area contributed by atoms with Crippen LogP contribution in [0.3, 0.4) is 0 Å². The molecule has 6 nitrogen and oxygen atoms in total. The third-order valence-electron chi connectivity index (χ3n) is 4.76. The van der Waals surface area contributed by atoms with E-state index in [9.17, 15) is 9.90 Å². The average molecular weight is 292 g/mol. The van der Waals surface area contributed by atoms with Crippen molar-refractivity contribution in [2.45, 2.75) is 44.8 Å². The number of aliphatic hydroxyl groups is 1. The highest BCUT2D eigenvalue weighted by Gasteiger charge is 2.39. The van der Waals surface area contributed by atoms with Gasteiger partial charge in [0, 0.05) is 17.9 Å².